The van der Waals surface area contributed by atoms with Gasteiger partial charge in [0.1, 0.15) is 0 Å². The van der Waals surface area contributed by atoms with E-state index in [1.807, 2.05) is 12.1 Å². The zero-order chi connectivity index (χ0) is 12.0. The van der Waals surface area contributed by atoms with Gasteiger partial charge in [0, 0.05) is 6.04 Å². The Morgan fingerprint density at radius 3 is 2.82 bits per heavy atom. The smallest absolute Gasteiger partial charge is 0.0629 e. The van der Waals surface area contributed by atoms with Crippen molar-refractivity contribution in [3.63, 3.8) is 0 Å². The van der Waals surface area contributed by atoms with Crippen LogP contribution in [0.15, 0.2) is 18.2 Å². The first-order valence-electron chi connectivity index (χ1n) is 6.29. The molecule has 2 saturated carbocycles. The molecule has 1 aromatic carbocycles. The second-order valence-corrected chi connectivity index (χ2v) is 6.39. The van der Waals surface area contributed by atoms with Crippen LogP contribution < -0.4 is 5.32 Å². The Hall–Kier alpha value is -0.240. The van der Waals surface area contributed by atoms with Gasteiger partial charge in [0.05, 0.1) is 10.0 Å². The fraction of sp³-hybridized carbons (Fsp3) is 0.571. The summed E-state index contributed by atoms with van der Waals surface area (Å²) in [5, 5.41) is 5.02. The van der Waals surface area contributed by atoms with E-state index in [0.717, 1.165) is 17.6 Å². The van der Waals surface area contributed by atoms with E-state index in [0.29, 0.717) is 10.9 Å². The number of hydrogen-bond acceptors (Lipinski definition) is 1. The van der Waals surface area contributed by atoms with E-state index in [9.17, 15) is 0 Å². The third-order valence-corrected chi connectivity index (χ3v) is 5.03. The van der Waals surface area contributed by atoms with Gasteiger partial charge in [-0.25, -0.2) is 0 Å². The fourth-order valence-electron chi connectivity index (χ4n) is 2.62. The molecule has 0 aromatic heterocycles. The first kappa shape index (κ1) is 11.8. The maximum absolute atomic E-state index is 6.31. The molecule has 92 valence electrons. The number of hydrogen-bond donors (Lipinski definition) is 1. The molecule has 17 heavy (non-hydrogen) atoms. The molecule has 2 aliphatic carbocycles. The highest BCUT2D eigenvalue weighted by atomic mass is 35.5. The standard InChI is InChI=1S/C14H17Cl2N/c1-14(7-9(14)8-17-10-5-6-10)11-3-2-4-12(15)13(11)16/h2-4,9-10,17H,5-8H2,1H3. The summed E-state index contributed by atoms with van der Waals surface area (Å²) in [6.07, 6.45) is 3.91. The summed E-state index contributed by atoms with van der Waals surface area (Å²) in [4.78, 5) is 0. The van der Waals surface area contributed by atoms with Crippen molar-refractivity contribution < 1.29 is 0 Å². The number of nitrogens with one attached hydrogen (secondary N) is 1. The first-order valence-corrected chi connectivity index (χ1v) is 7.05. The van der Waals surface area contributed by atoms with Crippen molar-refractivity contribution in [2.24, 2.45) is 5.92 Å². The van der Waals surface area contributed by atoms with Gasteiger partial charge in [-0.15, -0.1) is 0 Å². The predicted octanol–water partition coefficient (Wildman–Crippen LogP) is 4.02. The Balaban J connectivity index is 1.73. The number of benzene rings is 1. The van der Waals surface area contributed by atoms with Crippen LogP contribution in [0.4, 0.5) is 0 Å². The van der Waals surface area contributed by atoms with Gasteiger partial charge in [0.2, 0.25) is 0 Å². The van der Waals surface area contributed by atoms with E-state index in [1.54, 1.807) is 0 Å². The SMILES string of the molecule is CC1(c2cccc(Cl)c2Cl)CC1CNC1CC1. The molecule has 3 rings (SSSR count). The van der Waals surface area contributed by atoms with Gasteiger partial charge in [0.15, 0.2) is 0 Å². The van der Waals surface area contributed by atoms with E-state index in [-0.39, 0.29) is 5.41 Å². The van der Waals surface area contributed by atoms with Crippen molar-refractivity contribution in [3.8, 4) is 0 Å². The van der Waals surface area contributed by atoms with Crippen LogP contribution in [0.1, 0.15) is 31.7 Å². The largest absolute Gasteiger partial charge is 0.314 e. The summed E-state index contributed by atoms with van der Waals surface area (Å²) >= 11 is 12.4. The molecule has 2 atom stereocenters. The molecular formula is C14H17Cl2N. The molecule has 0 saturated heterocycles. The van der Waals surface area contributed by atoms with Gasteiger partial charge in [0.25, 0.3) is 0 Å². The lowest BCUT2D eigenvalue weighted by molar-refractivity contribution is 0.576. The third-order valence-electron chi connectivity index (χ3n) is 4.21. The van der Waals surface area contributed by atoms with Crippen LogP contribution in [-0.2, 0) is 5.41 Å². The lowest BCUT2D eigenvalue weighted by Crippen LogP contribution is -2.22. The van der Waals surface area contributed by atoms with Crippen LogP contribution in [0.5, 0.6) is 0 Å². The van der Waals surface area contributed by atoms with Crippen LogP contribution in [0.25, 0.3) is 0 Å². The lowest BCUT2D eigenvalue weighted by Gasteiger charge is -2.15. The minimum Gasteiger partial charge on any atom is -0.314 e. The average molecular weight is 270 g/mol. The van der Waals surface area contributed by atoms with Crippen LogP contribution >= 0.6 is 23.2 Å². The van der Waals surface area contributed by atoms with Gasteiger partial charge in [-0.3, -0.25) is 0 Å². The molecule has 0 aliphatic heterocycles. The zero-order valence-corrected chi connectivity index (χ0v) is 11.5. The second kappa shape index (κ2) is 4.15. The lowest BCUT2D eigenvalue weighted by atomic mass is 9.95. The zero-order valence-electron chi connectivity index (χ0n) is 9.97. The molecule has 3 heteroatoms. The molecule has 1 nitrogen and oxygen atoms in total. The van der Waals surface area contributed by atoms with E-state index in [1.165, 1.54) is 24.8 Å². The van der Waals surface area contributed by atoms with E-state index in [2.05, 4.69) is 18.3 Å². The molecule has 0 bridgehead atoms. The molecule has 0 radical (unpaired) electrons. The molecular weight excluding hydrogens is 253 g/mol. The number of rotatable bonds is 4. The normalized spacial score (nSPS) is 31.6. The second-order valence-electron chi connectivity index (χ2n) is 5.60. The van der Waals surface area contributed by atoms with Crippen LogP contribution in [0.3, 0.4) is 0 Å². The van der Waals surface area contributed by atoms with Crippen molar-refractivity contribution in [1.29, 1.82) is 0 Å². The van der Waals surface area contributed by atoms with Crippen LogP contribution in [-0.4, -0.2) is 12.6 Å². The van der Waals surface area contributed by atoms with Gasteiger partial charge < -0.3 is 5.32 Å². The minimum absolute atomic E-state index is 0.226. The van der Waals surface area contributed by atoms with E-state index >= 15 is 0 Å². The molecule has 2 aliphatic rings. The Labute approximate surface area is 112 Å². The Kier molecular flexibility index (Phi) is 2.89. The summed E-state index contributed by atoms with van der Waals surface area (Å²) in [5.41, 5.74) is 1.44. The summed E-state index contributed by atoms with van der Waals surface area (Å²) in [5.74, 6) is 0.707. The highest BCUT2D eigenvalue weighted by Gasteiger charge is 2.52. The van der Waals surface area contributed by atoms with Crippen molar-refractivity contribution >= 4 is 23.2 Å². The highest BCUT2D eigenvalue weighted by Crippen LogP contribution is 2.56. The van der Waals surface area contributed by atoms with Gasteiger partial charge >= 0.3 is 0 Å². The summed E-state index contributed by atoms with van der Waals surface area (Å²) in [6.45, 7) is 3.41. The highest BCUT2D eigenvalue weighted by molar-refractivity contribution is 6.42. The quantitative estimate of drug-likeness (QED) is 0.871. The Morgan fingerprint density at radius 2 is 2.12 bits per heavy atom. The molecule has 0 heterocycles. The molecule has 1 N–H and O–H groups in total. The van der Waals surface area contributed by atoms with Crippen molar-refractivity contribution in [2.75, 3.05) is 6.54 Å². The molecule has 1 aromatic rings. The Morgan fingerprint density at radius 1 is 1.35 bits per heavy atom. The summed E-state index contributed by atoms with van der Waals surface area (Å²) in [7, 11) is 0. The van der Waals surface area contributed by atoms with Crippen molar-refractivity contribution in [3.05, 3.63) is 33.8 Å². The van der Waals surface area contributed by atoms with Gasteiger partial charge in [-0.1, -0.05) is 42.3 Å². The first-order chi connectivity index (χ1) is 8.11. The molecule has 0 spiro atoms. The summed E-state index contributed by atoms with van der Waals surface area (Å²) in [6, 6.07) is 6.76. The van der Waals surface area contributed by atoms with Gasteiger partial charge in [-0.05, 0) is 48.8 Å². The fourth-order valence-corrected chi connectivity index (χ4v) is 3.14. The molecule has 2 fully saturated rings. The van der Waals surface area contributed by atoms with Gasteiger partial charge in [-0.2, -0.15) is 0 Å². The van der Waals surface area contributed by atoms with Crippen LogP contribution in [0.2, 0.25) is 10.0 Å². The van der Waals surface area contributed by atoms with Crippen molar-refractivity contribution in [1.82, 2.24) is 5.32 Å². The van der Waals surface area contributed by atoms with Crippen molar-refractivity contribution in [2.45, 2.75) is 37.6 Å². The topological polar surface area (TPSA) is 12.0 Å². The maximum Gasteiger partial charge on any atom is 0.0629 e. The molecule has 2 unspecified atom stereocenters. The third kappa shape index (κ3) is 2.21. The minimum atomic E-state index is 0.226. The maximum atomic E-state index is 6.31. The Bertz CT molecular complexity index is 442. The molecule has 0 amide bonds. The van der Waals surface area contributed by atoms with E-state index in [4.69, 9.17) is 23.2 Å². The average Bonchev–Trinajstić information content (AvgIpc) is 3.17. The summed E-state index contributed by atoms with van der Waals surface area (Å²) < 4.78 is 0. The van der Waals surface area contributed by atoms with Crippen LogP contribution in [0, 0.1) is 5.92 Å². The van der Waals surface area contributed by atoms with E-state index < -0.39 is 0 Å². The number of halogens is 2. The predicted molar refractivity (Wildman–Crippen MR) is 72.9 cm³/mol. The monoisotopic (exact) mass is 269 g/mol.